The Hall–Kier alpha value is -2.67. The predicted octanol–water partition coefficient (Wildman–Crippen LogP) is 4.67. The molecule has 5 nitrogen and oxygen atoms in total. The summed E-state index contributed by atoms with van der Waals surface area (Å²) in [5, 5.41) is 3.26. The van der Waals surface area contributed by atoms with Crippen LogP contribution in [0.15, 0.2) is 42.5 Å². The molecule has 3 rings (SSSR count). The number of amides is 2. The lowest BCUT2D eigenvalue weighted by Crippen LogP contribution is -2.33. The van der Waals surface area contributed by atoms with Crippen LogP contribution in [-0.2, 0) is 0 Å². The van der Waals surface area contributed by atoms with Crippen molar-refractivity contribution >= 4 is 32.7 Å². The molecule has 1 unspecified atom stereocenters. The van der Waals surface area contributed by atoms with Crippen molar-refractivity contribution in [1.82, 2.24) is 9.88 Å². The molecule has 0 aliphatic rings. The molecule has 0 saturated carbocycles. The second-order valence-electron chi connectivity index (χ2n) is 5.59. The number of rotatable bonds is 4. The lowest BCUT2D eigenvalue weighted by molar-refractivity contribution is 0.207. The first kappa shape index (κ1) is 17.2. The van der Waals surface area contributed by atoms with Crippen LogP contribution in [0.1, 0.15) is 18.5 Å². The first-order valence-corrected chi connectivity index (χ1v) is 8.54. The fourth-order valence-corrected chi connectivity index (χ4v) is 3.35. The number of carbonyl (C=O) groups is 1. The maximum atomic E-state index is 13.9. The van der Waals surface area contributed by atoms with Gasteiger partial charge in [-0.1, -0.05) is 29.5 Å². The Morgan fingerprint density at radius 3 is 2.80 bits per heavy atom. The van der Waals surface area contributed by atoms with Crippen LogP contribution in [0.25, 0.3) is 10.2 Å². The van der Waals surface area contributed by atoms with Gasteiger partial charge in [0.15, 0.2) is 5.13 Å². The van der Waals surface area contributed by atoms with Crippen LogP contribution < -0.4 is 10.1 Å². The van der Waals surface area contributed by atoms with Crippen LogP contribution in [-0.4, -0.2) is 30.1 Å². The van der Waals surface area contributed by atoms with Gasteiger partial charge in [-0.25, -0.2) is 14.2 Å². The summed E-state index contributed by atoms with van der Waals surface area (Å²) in [7, 11) is 3.23. The summed E-state index contributed by atoms with van der Waals surface area (Å²) in [5.74, 6) is 0.404. The number of thiazole rings is 1. The van der Waals surface area contributed by atoms with Gasteiger partial charge in [0.1, 0.15) is 11.6 Å². The Balaban J connectivity index is 1.76. The largest absolute Gasteiger partial charge is 0.497 e. The second kappa shape index (κ2) is 7.06. The SMILES string of the molecule is COc1ccc2nc(NC(=O)N(C)C(C)c3ccccc3F)sc2c1. The van der Waals surface area contributed by atoms with Crippen molar-refractivity contribution in [1.29, 1.82) is 0 Å². The van der Waals surface area contributed by atoms with Crippen molar-refractivity contribution in [3.05, 3.63) is 53.8 Å². The summed E-state index contributed by atoms with van der Waals surface area (Å²) in [4.78, 5) is 18.3. The van der Waals surface area contributed by atoms with Gasteiger partial charge in [0, 0.05) is 12.6 Å². The molecule has 25 heavy (non-hydrogen) atoms. The maximum Gasteiger partial charge on any atom is 0.323 e. The van der Waals surface area contributed by atoms with Gasteiger partial charge in [-0.05, 0) is 31.2 Å². The molecule has 0 bridgehead atoms. The summed E-state index contributed by atoms with van der Waals surface area (Å²) in [6.45, 7) is 1.78. The minimum Gasteiger partial charge on any atom is -0.497 e. The van der Waals surface area contributed by atoms with Gasteiger partial charge in [0.05, 0.1) is 23.4 Å². The Labute approximate surface area is 149 Å². The number of benzene rings is 2. The van der Waals surface area contributed by atoms with E-state index < -0.39 is 6.04 Å². The van der Waals surface area contributed by atoms with E-state index in [1.807, 2.05) is 18.2 Å². The Kier molecular flexibility index (Phi) is 4.85. The predicted molar refractivity (Wildman–Crippen MR) is 97.8 cm³/mol. The van der Waals surface area contributed by atoms with Crippen LogP contribution in [0.5, 0.6) is 5.75 Å². The zero-order valence-electron chi connectivity index (χ0n) is 14.1. The Morgan fingerprint density at radius 1 is 1.32 bits per heavy atom. The highest BCUT2D eigenvalue weighted by molar-refractivity contribution is 7.22. The second-order valence-corrected chi connectivity index (χ2v) is 6.62. The number of hydrogen-bond donors (Lipinski definition) is 1. The molecule has 1 atom stereocenters. The zero-order chi connectivity index (χ0) is 18.0. The molecule has 0 aliphatic heterocycles. The van der Waals surface area contributed by atoms with Gasteiger partial charge in [-0.3, -0.25) is 5.32 Å². The minimum absolute atomic E-state index is 0.332. The number of fused-ring (bicyclic) bond motifs is 1. The topological polar surface area (TPSA) is 54.5 Å². The molecule has 0 saturated heterocycles. The number of nitrogens with one attached hydrogen (secondary N) is 1. The zero-order valence-corrected chi connectivity index (χ0v) is 14.9. The molecule has 0 spiro atoms. The van der Waals surface area contributed by atoms with Crippen LogP contribution in [0.4, 0.5) is 14.3 Å². The van der Waals surface area contributed by atoms with E-state index in [0.717, 1.165) is 16.0 Å². The first-order valence-electron chi connectivity index (χ1n) is 7.72. The standard InChI is InChI=1S/C18H18FN3O2S/c1-11(13-6-4-5-7-14(13)19)22(2)18(23)21-17-20-15-9-8-12(24-3)10-16(15)25-17/h4-11H,1-3H3,(H,20,21,23). The fourth-order valence-electron chi connectivity index (χ4n) is 2.46. The van der Waals surface area contributed by atoms with Crippen molar-refractivity contribution in [3.63, 3.8) is 0 Å². The van der Waals surface area contributed by atoms with Gasteiger partial charge in [-0.2, -0.15) is 0 Å². The molecule has 1 N–H and O–H groups in total. The first-order chi connectivity index (χ1) is 12.0. The summed E-state index contributed by atoms with van der Waals surface area (Å²) >= 11 is 1.36. The molecular weight excluding hydrogens is 341 g/mol. The highest BCUT2D eigenvalue weighted by Gasteiger charge is 2.21. The number of carbonyl (C=O) groups excluding carboxylic acids is 1. The van der Waals surface area contributed by atoms with Crippen molar-refractivity contribution in [2.75, 3.05) is 19.5 Å². The third kappa shape index (κ3) is 3.56. The van der Waals surface area contributed by atoms with Gasteiger partial charge in [0.2, 0.25) is 0 Å². The number of urea groups is 1. The molecule has 2 aromatic carbocycles. The average Bonchev–Trinajstić information content (AvgIpc) is 3.01. The number of hydrogen-bond acceptors (Lipinski definition) is 4. The van der Waals surface area contributed by atoms with Gasteiger partial charge >= 0.3 is 6.03 Å². The normalized spacial score (nSPS) is 12.0. The third-order valence-electron chi connectivity index (χ3n) is 4.07. The fraction of sp³-hybridized carbons (Fsp3) is 0.222. The molecule has 2 amide bonds. The van der Waals surface area contributed by atoms with E-state index in [1.54, 1.807) is 39.3 Å². The summed E-state index contributed by atoms with van der Waals surface area (Å²) in [6, 6.07) is 11.2. The molecule has 0 aliphatic carbocycles. The van der Waals surface area contributed by atoms with Crippen LogP contribution >= 0.6 is 11.3 Å². The summed E-state index contributed by atoms with van der Waals surface area (Å²) < 4.78 is 20.0. The average molecular weight is 359 g/mol. The van der Waals surface area contributed by atoms with Gasteiger partial charge in [0.25, 0.3) is 0 Å². The van der Waals surface area contributed by atoms with Crippen LogP contribution in [0, 0.1) is 5.82 Å². The third-order valence-corrected chi connectivity index (χ3v) is 5.00. The summed E-state index contributed by atoms with van der Waals surface area (Å²) in [6.07, 6.45) is 0. The molecule has 3 aromatic rings. The lowest BCUT2D eigenvalue weighted by Gasteiger charge is -2.25. The van der Waals surface area contributed by atoms with Gasteiger partial charge < -0.3 is 9.64 Å². The minimum atomic E-state index is -0.407. The Bertz CT molecular complexity index is 912. The maximum absolute atomic E-state index is 13.9. The van der Waals surface area contributed by atoms with Crippen molar-refractivity contribution in [2.24, 2.45) is 0 Å². The van der Waals surface area contributed by atoms with E-state index in [1.165, 1.54) is 22.3 Å². The lowest BCUT2D eigenvalue weighted by atomic mass is 10.1. The van der Waals surface area contributed by atoms with E-state index in [2.05, 4.69) is 10.3 Å². The summed E-state index contributed by atoms with van der Waals surface area (Å²) in [5.41, 5.74) is 1.25. The number of ether oxygens (including phenoxy) is 1. The van der Waals surface area contributed by atoms with Crippen LogP contribution in [0.3, 0.4) is 0 Å². The quantitative estimate of drug-likeness (QED) is 0.736. The molecule has 1 aromatic heterocycles. The van der Waals surface area contributed by atoms with E-state index in [-0.39, 0.29) is 11.8 Å². The molecule has 0 fully saturated rings. The number of nitrogens with zero attached hydrogens (tertiary/aromatic N) is 2. The molecule has 1 heterocycles. The molecule has 130 valence electrons. The van der Waals surface area contributed by atoms with E-state index in [0.29, 0.717) is 10.7 Å². The smallest absolute Gasteiger partial charge is 0.323 e. The van der Waals surface area contributed by atoms with Crippen molar-refractivity contribution in [2.45, 2.75) is 13.0 Å². The number of methoxy groups -OCH3 is 1. The molecule has 7 heteroatoms. The van der Waals surface area contributed by atoms with E-state index in [9.17, 15) is 9.18 Å². The molecular formula is C18H18FN3O2S. The van der Waals surface area contributed by atoms with Crippen LogP contribution in [0.2, 0.25) is 0 Å². The highest BCUT2D eigenvalue weighted by atomic mass is 32.1. The van der Waals surface area contributed by atoms with Crippen molar-refractivity contribution < 1.29 is 13.9 Å². The number of aromatic nitrogens is 1. The van der Waals surface area contributed by atoms with Gasteiger partial charge in [-0.15, -0.1) is 0 Å². The number of halogens is 1. The highest BCUT2D eigenvalue weighted by Crippen LogP contribution is 2.30. The van der Waals surface area contributed by atoms with E-state index in [4.69, 9.17) is 4.74 Å². The number of anilines is 1. The van der Waals surface area contributed by atoms with Crippen molar-refractivity contribution in [3.8, 4) is 5.75 Å². The van der Waals surface area contributed by atoms with E-state index >= 15 is 0 Å². The Morgan fingerprint density at radius 2 is 2.08 bits per heavy atom. The molecule has 0 radical (unpaired) electrons. The monoisotopic (exact) mass is 359 g/mol.